The summed E-state index contributed by atoms with van der Waals surface area (Å²) in [6, 6.07) is -0.693. The number of carbonyl (C=O) groups excluding carboxylic acids is 2. The van der Waals surface area contributed by atoms with E-state index < -0.39 is 12.0 Å². The van der Waals surface area contributed by atoms with Gasteiger partial charge in [-0.05, 0) is 12.3 Å². The van der Waals surface area contributed by atoms with E-state index in [2.05, 4.69) is 10.1 Å². The van der Waals surface area contributed by atoms with Gasteiger partial charge in [-0.1, -0.05) is 12.8 Å². The average molecular weight is 229 g/mol. The molecule has 16 heavy (non-hydrogen) atoms. The van der Waals surface area contributed by atoms with Crippen molar-refractivity contribution in [1.29, 1.82) is 0 Å². The van der Waals surface area contributed by atoms with Crippen LogP contribution in [0.2, 0.25) is 0 Å². The molecule has 0 aromatic rings. The van der Waals surface area contributed by atoms with Crippen molar-refractivity contribution in [2.75, 3.05) is 20.3 Å². The Morgan fingerprint density at radius 2 is 2.12 bits per heavy atom. The number of methoxy groups -OCH3 is 1. The first-order chi connectivity index (χ1) is 7.63. The van der Waals surface area contributed by atoms with Crippen molar-refractivity contribution < 1.29 is 19.1 Å². The normalized spacial score (nSPS) is 16.6. The first-order valence-corrected chi connectivity index (χ1v) is 5.56. The lowest BCUT2D eigenvalue weighted by Gasteiger charge is -2.15. The summed E-state index contributed by atoms with van der Waals surface area (Å²) >= 11 is 0. The fourth-order valence-corrected chi connectivity index (χ4v) is 1.41. The smallest absolute Gasteiger partial charge is 0.330 e. The highest BCUT2D eigenvalue weighted by Crippen LogP contribution is 2.32. The first-order valence-electron chi connectivity index (χ1n) is 5.56. The van der Waals surface area contributed by atoms with Crippen LogP contribution in [0.5, 0.6) is 0 Å². The first kappa shape index (κ1) is 13.0. The van der Waals surface area contributed by atoms with Crippen LogP contribution in [0.25, 0.3) is 0 Å². The van der Waals surface area contributed by atoms with Gasteiger partial charge in [0.15, 0.2) is 6.04 Å². The molecule has 92 valence electrons. The van der Waals surface area contributed by atoms with Crippen LogP contribution in [-0.2, 0) is 19.1 Å². The summed E-state index contributed by atoms with van der Waals surface area (Å²) in [5, 5.41) is 2.50. The summed E-state index contributed by atoms with van der Waals surface area (Å²) in [4.78, 5) is 22.1. The second-order valence-corrected chi connectivity index (χ2v) is 4.08. The Balaban J connectivity index is 2.19. The highest BCUT2D eigenvalue weighted by molar-refractivity contribution is 5.83. The highest BCUT2D eigenvalue weighted by Gasteiger charge is 2.22. The van der Waals surface area contributed by atoms with Crippen LogP contribution in [0, 0.1) is 5.92 Å². The summed E-state index contributed by atoms with van der Waals surface area (Å²) in [7, 11) is 1.29. The molecular formula is C11H19NO4. The van der Waals surface area contributed by atoms with E-state index in [9.17, 15) is 9.59 Å². The standard InChI is InChI=1S/C11H19NO4/c1-8(13)12-10(11(14)15-2)7-16-6-5-9-3-4-9/h9-10H,3-7H2,1-2H3,(H,12,13). The third kappa shape index (κ3) is 5.11. The molecule has 1 atom stereocenters. The fraction of sp³-hybridized carbons (Fsp3) is 0.818. The molecular weight excluding hydrogens is 210 g/mol. The molecule has 0 saturated heterocycles. The molecule has 1 unspecified atom stereocenters. The van der Waals surface area contributed by atoms with Crippen molar-refractivity contribution >= 4 is 11.9 Å². The highest BCUT2D eigenvalue weighted by atomic mass is 16.5. The number of esters is 1. The molecule has 1 rings (SSSR count). The lowest BCUT2D eigenvalue weighted by atomic mass is 10.3. The Morgan fingerprint density at radius 3 is 2.62 bits per heavy atom. The lowest BCUT2D eigenvalue weighted by molar-refractivity contribution is -0.146. The Kier molecular flexibility index (Phi) is 5.25. The maximum atomic E-state index is 11.3. The third-order valence-corrected chi connectivity index (χ3v) is 2.52. The number of ether oxygens (including phenoxy) is 2. The van der Waals surface area contributed by atoms with Gasteiger partial charge in [0.1, 0.15) is 0 Å². The molecule has 1 fully saturated rings. The van der Waals surface area contributed by atoms with Crippen molar-refractivity contribution in [2.24, 2.45) is 5.92 Å². The fourth-order valence-electron chi connectivity index (χ4n) is 1.41. The summed E-state index contributed by atoms with van der Waals surface area (Å²) in [5.41, 5.74) is 0. The van der Waals surface area contributed by atoms with Crippen LogP contribution in [0.4, 0.5) is 0 Å². The molecule has 1 aliphatic carbocycles. The van der Waals surface area contributed by atoms with E-state index >= 15 is 0 Å². The molecule has 1 N–H and O–H groups in total. The minimum atomic E-state index is -0.693. The molecule has 0 heterocycles. The number of carbonyl (C=O) groups is 2. The van der Waals surface area contributed by atoms with Gasteiger partial charge in [-0.15, -0.1) is 0 Å². The summed E-state index contributed by atoms with van der Waals surface area (Å²) in [5.74, 6) is 0.0696. The average Bonchev–Trinajstić information content (AvgIpc) is 3.04. The minimum absolute atomic E-state index is 0.180. The maximum Gasteiger partial charge on any atom is 0.330 e. The molecule has 0 aromatic carbocycles. The van der Waals surface area contributed by atoms with Gasteiger partial charge in [0.25, 0.3) is 0 Å². The molecule has 0 radical (unpaired) electrons. The van der Waals surface area contributed by atoms with Crippen LogP contribution >= 0.6 is 0 Å². The minimum Gasteiger partial charge on any atom is -0.467 e. The van der Waals surface area contributed by atoms with Crippen LogP contribution in [0.1, 0.15) is 26.2 Å². The Morgan fingerprint density at radius 1 is 1.44 bits per heavy atom. The van der Waals surface area contributed by atoms with Crippen LogP contribution < -0.4 is 5.32 Å². The topological polar surface area (TPSA) is 64.6 Å². The number of amides is 1. The molecule has 0 bridgehead atoms. The SMILES string of the molecule is COC(=O)C(COCCC1CC1)NC(C)=O. The van der Waals surface area contributed by atoms with Crippen LogP contribution in [0.15, 0.2) is 0 Å². The van der Waals surface area contributed by atoms with Crippen LogP contribution in [0.3, 0.4) is 0 Å². The van der Waals surface area contributed by atoms with Crippen molar-refractivity contribution in [3.8, 4) is 0 Å². The molecule has 1 amide bonds. The quantitative estimate of drug-likeness (QED) is 0.509. The summed E-state index contributed by atoms with van der Waals surface area (Å²) < 4.78 is 9.92. The zero-order chi connectivity index (χ0) is 12.0. The van der Waals surface area contributed by atoms with E-state index in [-0.39, 0.29) is 12.5 Å². The monoisotopic (exact) mass is 229 g/mol. The van der Waals surface area contributed by atoms with Crippen molar-refractivity contribution in [3.63, 3.8) is 0 Å². The Hall–Kier alpha value is -1.10. The number of rotatable bonds is 7. The van der Waals surface area contributed by atoms with E-state index in [1.165, 1.54) is 26.9 Å². The second-order valence-electron chi connectivity index (χ2n) is 4.08. The lowest BCUT2D eigenvalue weighted by Crippen LogP contribution is -2.43. The molecule has 0 aromatic heterocycles. The predicted octanol–water partition coefficient (Wildman–Crippen LogP) is 0.481. The van der Waals surface area contributed by atoms with Gasteiger partial charge < -0.3 is 14.8 Å². The Bertz CT molecular complexity index is 250. The van der Waals surface area contributed by atoms with Gasteiger partial charge in [0, 0.05) is 13.5 Å². The zero-order valence-corrected chi connectivity index (χ0v) is 9.82. The van der Waals surface area contributed by atoms with E-state index in [1.54, 1.807) is 0 Å². The predicted molar refractivity (Wildman–Crippen MR) is 57.8 cm³/mol. The number of hydrogen-bond donors (Lipinski definition) is 1. The largest absolute Gasteiger partial charge is 0.467 e. The van der Waals surface area contributed by atoms with E-state index in [0.717, 1.165) is 12.3 Å². The van der Waals surface area contributed by atoms with Crippen molar-refractivity contribution in [2.45, 2.75) is 32.2 Å². The van der Waals surface area contributed by atoms with Crippen molar-refractivity contribution in [3.05, 3.63) is 0 Å². The Labute approximate surface area is 95.5 Å². The zero-order valence-electron chi connectivity index (χ0n) is 9.82. The molecule has 0 spiro atoms. The van der Waals surface area contributed by atoms with Crippen LogP contribution in [-0.4, -0.2) is 38.2 Å². The summed E-state index contributed by atoms with van der Waals surface area (Å²) in [6.45, 7) is 2.18. The molecule has 5 nitrogen and oxygen atoms in total. The molecule has 0 aliphatic heterocycles. The van der Waals surface area contributed by atoms with E-state index in [4.69, 9.17) is 4.74 Å². The van der Waals surface area contributed by atoms with Gasteiger partial charge in [0.05, 0.1) is 13.7 Å². The van der Waals surface area contributed by atoms with Crippen molar-refractivity contribution in [1.82, 2.24) is 5.32 Å². The van der Waals surface area contributed by atoms with Gasteiger partial charge in [0.2, 0.25) is 5.91 Å². The summed E-state index contributed by atoms with van der Waals surface area (Å²) in [6.07, 6.45) is 3.61. The molecule has 1 saturated carbocycles. The number of nitrogens with one attached hydrogen (secondary N) is 1. The van der Waals surface area contributed by atoms with Gasteiger partial charge in [-0.2, -0.15) is 0 Å². The third-order valence-electron chi connectivity index (χ3n) is 2.52. The molecule has 5 heteroatoms. The van der Waals surface area contributed by atoms with Gasteiger partial charge in [-0.25, -0.2) is 4.79 Å². The number of hydrogen-bond acceptors (Lipinski definition) is 4. The van der Waals surface area contributed by atoms with E-state index in [1.807, 2.05) is 0 Å². The van der Waals surface area contributed by atoms with E-state index in [0.29, 0.717) is 6.61 Å². The van der Waals surface area contributed by atoms with Gasteiger partial charge >= 0.3 is 5.97 Å². The second kappa shape index (κ2) is 6.48. The van der Waals surface area contributed by atoms with Gasteiger partial charge in [-0.3, -0.25) is 4.79 Å². The molecule has 1 aliphatic rings. The maximum absolute atomic E-state index is 11.3.